The van der Waals surface area contributed by atoms with Crippen molar-refractivity contribution < 1.29 is 64.2 Å². The molecule has 4 heterocycles. The molecule has 7 unspecified atom stereocenters. The van der Waals surface area contributed by atoms with Crippen LogP contribution < -0.4 is 0 Å². The number of aliphatic hydroxyl groups excluding tert-OH is 6. The molecule has 13 heteroatoms. The Bertz CT molecular complexity index is 1450. The minimum atomic E-state index is -1.68. The molecule has 308 valence electrons. The van der Waals surface area contributed by atoms with Gasteiger partial charge in [-0.15, -0.1) is 0 Å². The van der Waals surface area contributed by atoms with E-state index in [-0.39, 0.29) is 46.2 Å². The zero-order chi connectivity index (χ0) is 39.0. The molecule has 0 amide bonds. The lowest BCUT2D eigenvalue weighted by Gasteiger charge is -2.70. The van der Waals surface area contributed by atoms with Crippen LogP contribution in [0.1, 0.15) is 93.4 Å². The van der Waals surface area contributed by atoms with Gasteiger partial charge < -0.3 is 64.2 Å². The Morgan fingerprint density at radius 2 is 1.54 bits per heavy atom. The van der Waals surface area contributed by atoms with Crippen molar-refractivity contribution in [1.29, 1.82) is 0 Å². The van der Waals surface area contributed by atoms with Crippen molar-refractivity contribution in [2.45, 2.75) is 166 Å². The van der Waals surface area contributed by atoms with Gasteiger partial charge in [0.2, 0.25) is 0 Å². The summed E-state index contributed by atoms with van der Waals surface area (Å²) in [6.45, 7) is 16.1. The summed E-state index contributed by atoms with van der Waals surface area (Å²) in [5, 5.41) is 75.2. The molecule has 4 aliphatic carbocycles. The quantitative estimate of drug-likeness (QED) is 0.153. The minimum absolute atomic E-state index is 0.00497. The standard InChI is InChI=1S/C41H66O13/c1-20(2)14-21-16-50-41-18-40(19-51-41)22(33(41)39(21,7)48)8-9-26-37(5)12-11-27(36(3,4)25(37)10-13-38(26,40)6)53-34-31(47)32(23(43)17-49-34)54-35-30(46)29(45)28(44)24(15-42)52-35/h14,21-35,42-48H,8-13,15-19H2,1-7H3/t21-,22?,23-,24?,25?,26?,27-,28+,29+,30?,31?,32+,33?,34-,35-,37-,38+,39-,40-,41+/m0/s1. The maximum Gasteiger partial charge on any atom is 0.187 e. The number of ether oxygens (including phenoxy) is 6. The first kappa shape index (κ1) is 40.0. The fraction of sp³-hybridized carbons (Fsp3) is 0.951. The summed E-state index contributed by atoms with van der Waals surface area (Å²) in [6, 6.07) is 0. The summed E-state index contributed by atoms with van der Waals surface area (Å²) in [5.41, 5.74) is -0.0875. The monoisotopic (exact) mass is 766 g/mol. The highest BCUT2D eigenvalue weighted by molar-refractivity contribution is 5.27. The molecule has 8 aliphatic rings. The molecule has 0 radical (unpaired) electrons. The summed E-state index contributed by atoms with van der Waals surface area (Å²) >= 11 is 0. The lowest BCUT2D eigenvalue weighted by Crippen LogP contribution is -2.68. The van der Waals surface area contributed by atoms with E-state index in [4.69, 9.17) is 28.4 Å². The Balaban J connectivity index is 0.993. The maximum absolute atomic E-state index is 12.3. The second kappa shape index (κ2) is 13.4. The van der Waals surface area contributed by atoms with Crippen molar-refractivity contribution in [1.82, 2.24) is 0 Å². The highest BCUT2D eigenvalue weighted by Crippen LogP contribution is 2.80. The Morgan fingerprint density at radius 1 is 0.796 bits per heavy atom. The lowest BCUT2D eigenvalue weighted by atomic mass is 9.35. The van der Waals surface area contributed by atoms with E-state index in [1.54, 1.807) is 0 Å². The molecular formula is C41H66O13. The second-order valence-corrected chi connectivity index (χ2v) is 20.1. The molecule has 2 bridgehead atoms. The third-order valence-corrected chi connectivity index (χ3v) is 16.9. The Morgan fingerprint density at radius 3 is 2.24 bits per heavy atom. The highest BCUT2D eigenvalue weighted by atomic mass is 16.7. The first-order chi connectivity index (χ1) is 25.3. The topological polar surface area (TPSA) is 197 Å². The molecule has 20 atom stereocenters. The zero-order valence-corrected chi connectivity index (χ0v) is 33.1. The van der Waals surface area contributed by atoms with Crippen molar-refractivity contribution in [2.24, 2.45) is 51.2 Å². The van der Waals surface area contributed by atoms with Crippen LogP contribution in [0.15, 0.2) is 11.6 Å². The summed E-state index contributed by atoms with van der Waals surface area (Å²) in [5.74, 6) is 0.203. The third kappa shape index (κ3) is 5.50. The molecule has 7 N–H and O–H groups in total. The highest BCUT2D eigenvalue weighted by Gasteiger charge is 2.81. The molecule has 54 heavy (non-hydrogen) atoms. The fourth-order valence-corrected chi connectivity index (χ4v) is 14.3. The van der Waals surface area contributed by atoms with Crippen molar-refractivity contribution in [3.8, 4) is 0 Å². The molecule has 0 aromatic heterocycles. The second-order valence-electron chi connectivity index (χ2n) is 20.1. The molecule has 4 saturated heterocycles. The smallest absolute Gasteiger partial charge is 0.187 e. The van der Waals surface area contributed by atoms with Gasteiger partial charge in [-0.05, 0) is 93.3 Å². The van der Waals surface area contributed by atoms with E-state index >= 15 is 0 Å². The van der Waals surface area contributed by atoms with Gasteiger partial charge in [0.05, 0.1) is 38.1 Å². The van der Waals surface area contributed by atoms with Crippen LogP contribution in [0.2, 0.25) is 0 Å². The van der Waals surface area contributed by atoms with Crippen LogP contribution in [0, 0.1) is 51.2 Å². The van der Waals surface area contributed by atoms with Gasteiger partial charge in [0, 0.05) is 23.7 Å². The molecule has 8 fully saturated rings. The van der Waals surface area contributed by atoms with E-state index in [1.807, 2.05) is 6.92 Å². The largest absolute Gasteiger partial charge is 0.394 e. The third-order valence-electron chi connectivity index (χ3n) is 16.9. The predicted molar refractivity (Wildman–Crippen MR) is 192 cm³/mol. The number of hydrogen-bond donors (Lipinski definition) is 7. The number of allylic oxidation sites excluding steroid dienone is 1. The molecule has 4 saturated carbocycles. The molecule has 4 aliphatic heterocycles. The predicted octanol–water partition coefficient (Wildman–Crippen LogP) is 2.00. The van der Waals surface area contributed by atoms with Crippen molar-refractivity contribution in [3.63, 3.8) is 0 Å². The molecule has 13 nitrogen and oxygen atoms in total. The SMILES string of the molecule is CC(C)=C[C@H]1CO[C@]23C[C@]4(CO2)C(CCC2[C@@]5(C)CC[C@H](O[C@@H]6OC[C@H](O)[C@@H](O[C@@H]7OC(CO)[C@@H](O)[C@@H](O)C7O)C6O)C(C)(C)C5CC[C@]24C)C3[C@@]1(C)O. The van der Waals surface area contributed by atoms with Gasteiger partial charge in [-0.25, -0.2) is 0 Å². The average Bonchev–Trinajstić information content (AvgIpc) is 3.64. The van der Waals surface area contributed by atoms with Gasteiger partial charge in [0.1, 0.15) is 42.7 Å². The van der Waals surface area contributed by atoms with Crippen LogP contribution in [0.4, 0.5) is 0 Å². The van der Waals surface area contributed by atoms with Crippen molar-refractivity contribution in [2.75, 3.05) is 26.4 Å². The van der Waals surface area contributed by atoms with E-state index in [2.05, 4.69) is 47.6 Å². The Hall–Kier alpha value is -0.780. The fourth-order valence-electron chi connectivity index (χ4n) is 14.3. The average molecular weight is 767 g/mol. The van der Waals surface area contributed by atoms with Gasteiger partial charge in [-0.1, -0.05) is 39.3 Å². The summed E-state index contributed by atoms with van der Waals surface area (Å²) < 4.78 is 37.4. The Labute approximate surface area is 319 Å². The summed E-state index contributed by atoms with van der Waals surface area (Å²) in [7, 11) is 0. The molecule has 2 spiro atoms. The number of rotatable bonds is 6. The summed E-state index contributed by atoms with van der Waals surface area (Å²) in [4.78, 5) is 0. The van der Waals surface area contributed by atoms with Crippen LogP contribution >= 0.6 is 0 Å². The zero-order valence-electron chi connectivity index (χ0n) is 33.1. The van der Waals surface area contributed by atoms with Gasteiger partial charge in [-0.2, -0.15) is 0 Å². The van der Waals surface area contributed by atoms with Crippen LogP contribution in [0.25, 0.3) is 0 Å². The van der Waals surface area contributed by atoms with E-state index in [0.29, 0.717) is 31.0 Å². The molecule has 8 rings (SSSR count). The van der Waals surface area contributed by atoms with E-state index in [9.17, 15) is 35.7 Å². The van der Waals surface area contributed by atoms with Crippen molar-refractivity contribution in [3.05, 3.63) is 11.6 Å². The van der Waals surface area contributed by atoms with E-state index in [1.165, 1.54) is 5.57 Å². The first-order valence-corrected chi connectivity index (χ1v) is 20.5. The minimum Gasteiger partial charge on any atom is -0.394 e. The van der Waals surface area contributed by atoms with E-state index in [0.717, 1.165) is 44.9 Å². The van der Waals surface area contributed by atoms with Gasteiger partial charge in [-0.3, -0.25) is 0 Å². The van der Waals surface area contributed by atoms with Crippen molar-refractivity contribution >= 4 is 0 Å². The Kier molecular flexibility index (Phi) is 9.91. The lowest BCUT2D eigenvalue weighted by molar-refractivity contribution is -0.358. The van der Waals surface area contributed by atoms with Gasteiger partial charge in [0.15, 0.2) is 18.4 Å². The van der Waals surface area contributed by atoms with Crippen LogP contribution in [0.5, 0.6) is 0 Å². The van der Waals surface area contributed by atoms with Crippen LogP contribution in [-0.2, 0) is 28.4 Å². The summed E-state index contributed by atoms with van der Waals surface area (Å²) in [6.07, 6.45) is -4.14. The first-order valence-electron chi connectivity index (χ1n) is 20.5. The number of fused-ring (bicyclic) bond motifs is 4. The number of hydrogen-bond acceptors (Lipinski definition) is 13. The van der Waals surface area contributed by atoms with Gasteiger partial charge in [0.25, 0.3) is 0 Å². The molecule has 0 aromatic carbocycles. The van der Waals surface area contributed by atoms with Crippen LogP contribution in [0.3, 0.4) is 0 Å². The van der Waals surface area contributed by atoms with Crippen LogP contribution in [-0.4, -0.2) is 135 Å². The molecule has 0 aromatic rings. The van der Waals surface area contributed by atoms with E-state index < -0.39 is 73.3 Å². The maximum atomic E-state index is 12.3. The number of aliphatic hydroxyl groups is 7. The van der Waals surface area contributed by atoms with Gasteiger partial charge >= 0.3 is 0 Å². The normalized spacial score (nSPS) is 57.7. The molecular weight excluding hydrogens is 700 g/mol.